The fourth-order valence-electron chi connectivity index (χ4n) is 6.15. The van der Waals surface area contributed by atoms with E-state index < -0.39 is 173 Å². The number of ether oxygens (including phenoxy) is 6. The van der Waals surface area contributed by atoms with E-state index in [0.29, 0.717) is 0 Å². The van der Waals surface area contributed by atoms with Gasteiger partial charge in [-0.1, -0.05) is 13.8 Å². The monoisotopic (exact) mass is 1130 g/mol. The molecule has 1 aliphatic carbocycles. The lowest BCUT2D eigenvalue weighted by molar-refractivity contribution is -0.466. The molecule has 1 aliphatic rings. The topological polar surface area (TPSA) is 55.4 Å². The summed E-state index contributed by atoms with van der Waals surface area (Å²) in [6.45, 7) is -11.7. The number of hydrogen-bond acceptors (Lipinski definition) is 6. The largest absolute Gasteiger partial charge is 0.458 e. The molecule has 0 amide bonds. The van der Waals surface area contributed by atoms with Crippen LogP contribution in [0.3, 0.4) is 0 Å². The van der Waals surface area contributed by atoms with Gasteiger partial charge in [0.2, 0.25) is 0 Å². The second-order valence-corrected chi connectivity index (χ2v) is 14.8. The molecule has 0 spiro atoms. The van der Waals surface area contributed by atoms with Crippen LogP contribution in [0.25, 0.3) is 0 Å². The van der Waals surface area contributed by atoms with Crippen LogP contribution >= 0.6 is 0 Å². The van der Waals surface area contributed by atoms with Crippen molar-refractivity contribution in [1.82, 2.24) is 0 Å². The minimum absolute atomic E-state index is 0.789. The average Bonchev–Trinajstić information content (AvgIpc) is 3.04. The van der Waals surface area contributed by atoms with Gasteiger partial charge in [-0.3, -0.25) is 0 Å². The zero-order valence-corrected chi connectivity index (χ0v) is 33.2. The van der Waals surface area contributed by atoms with Gasteiger partial charge in [0, 0.05) is 0 Å². The number of halogens is 34. The first-order chi connectivity index (χ1) is 30.4. The SMILES string of the molecule is CC(C)C1CCC(OC(COC(F)(C(F)(F)F)C(F)(F)F)COC(C(F)(F)F)(C(F)(F)F)C(F)(F)F)C(OC(COC(C(F)(F)F)(C(F)(F)F)C(F)(F)F)COC(C(F)(F)F)(C(F)(F)F)C(F)(F)F)C1. The maximum atomic E-state index is 14.4. The van der Waals surface area contributed by atoms with Gasteiger partial charge in [0.1, 0.15) is 12.2 Å². The van der Waals surface area contributed by atoms with E-state index in [1.165, 1.54) is 0 Å². The third kappa shape index (κ3) is 12.8. The summed E-state index contributed by atoms with van der Waals surface area (Å²) in [5, 5.41) is 0. The van der Waals surface area contributed by atoms with Crippen LogP contribution in [0.4, 0.5) is 149 Å². The third-order valence-corrected chi connectivity index (χ3v) is 9.70. The predicted octanol–water partition coefficient (Wildman–Crippen LogP) is 13.1. The lowest BCUT2D eigenvalue weighted by Crippen LogP contribution is -2.69. The smallest absolute Gasteiger partial charge is 0.367 e. The molecule has 0 aromatic carbocycles. The summed E-state index contributed by atoms with van der Waals surface area (Å²) < 4.78 is 482. The van der Waals surface area contributed by atoms with Gasteiger partial charge in [-0.2, -0.15) is 149 Å². The van der Waals surface area contributed by atoms with Gasteiger partial charge >= 0.3 is 90.6 Å². The molecular formula is C30H26F34O6. The van der Waals surface area contributed by atoms with Crippen molar-refractivity contribution in [3.05, 3.63) is 0 Å². The van der Waals surface area contributed by atoms with E-state index in [2.05, 4.69) is 28.4 Å². The second-order valence-electron chi connectivity index (χ2n) is 14.8. The molecular weight excluding hydrogens is 1100 g/mol. The zero-order valence-electron chi connectivity index (χ0n) is 33.2. The summed E-state index contributed by atoms with van der Waals surface area (Å²) in [4.78, 5) is 0. The first kappa shape index (κ1) is 65.4. The van der Waals surface area contributed by atoms with E-state index in [-0.39, 0.29) is 0 Å². The highest BCUT2D eigenvalue weighted by atomic mass is 19.5. The molecule has 420 valence electrons. The third-order valence-electron chi connectivity index (χ3n) is 9.70. The lowest BCUT2D eigenvalue weighted by atomic mass is 9.79. The van der Waals surface area contributed by atoms with Crippen molar-refractivity contribution in [3.63, 3.8) is 0 Å². The molecule has 0 heterocycles. The van der Waals surface area contributed by atoms with Crippen LogP contribution in [-0.4, -0.2) is 141 Å². The Morgan fingerprint density at radius 1 is 0.314 bits per heavy atom. The minimum atomic E-state index is -7.91. The first-order valence-corrected chi connectivity index (χ1v) is 17.7. The van der Waals surface area contributed by atoms with Gasteiger partial charge < -0.3 is 28.4 Å². The van der Waals surface area contributed by atoms with Crippen molar-refractivity contribution in [2.24, 2.45) is 11.8 Å². The molecule has 0 aromatic heterocycles. The van der Waals surface area contributed by atoms with Crippen LogP contribution in [0.1, 0.15) is 33.1 Å². The molecule has 4 atom stereocenters. The highest BCUT2D eigenvalue weighted by molar-refractivity contribution is 5.05. The van der Waals surface area contributed by atoms with E-state index in [1.54, 1.807) is 0 Å². The molecule has 4 unspecified atom stereocenters. The summed E-state index contributed by atoms with van der Waals surface area (Å²) in [5.41, 5.74) is -22.9. The average molecular weight is 1130 g/mol. The summed E-state index contributed by atoms with van der Waals surface area (Å²) in [6.07, 6.45) is -104. The van der Waals surface area contributed by atoms with Gasteiger partial charge in [0.15, 0.2) is 0 Å². The van der Waals surface area contributed by atoms with Crippen LogP contribution in [-0.2, 0) is 28.4 Å². The van der Waals surface area contributed by atoms with Gasteiger partial charge in [-0.15, -0.1) is 0 Å². The quantitative estimate of drug-likeness (QED) is 0.135. The van der Waals surface area contributed by atoms with Gasteiger partial charge in [-0.05, 0) is 31.1 Å². The summed E-state index contributed by atoms with van der Waals surface area (Å²) in [5.74, 6) is -9.62. The molecule has 0 aromatic rings. The van der Waals surface area contributed by atoms with Crippen LogP contribution in [0.2, 0.25) is 0 Å². The molecule has 0 bridgehead atoms. The van der Waals surface area contributed by atoms with E-state index in [1.807, 2.05) is 0 Å². The normalized spacial score (nSPS) is 20.7. The zero-order chi connectivity index (χ0) is 56.2. The maximum Gasteiger partial charge on any atom is 0.458 e. The Kier molecular flexibility index (Phi) is 18.9. The lowest BCUT2D eigenvalue weighted by Gasteiger charge is -2.43. The molecule has 0 radical (unpaired) electrons. The Morgan fingerprint density at radius 3 is 0.757 bits per heavy atom. The van der Waals surface area contributed by atoms with E-state index in [4.69, 9.17) is 0 Å². The highest BCUT2D eigenvalue weighted by Crippen LogP contribution is 2.58. The highest BCUT2D eigenvalue weighted by Gasteiger charge is 2.88. The second kappa shape index (κ2) is 20.2. The number of hydrogen-bond donors (Lipinski definition) is 0. The van der Waals surface area contributed by atoms with Crippen molar-refractivity contribution in [1.29, 1.82) is 0 Å². The molecule has 1 saturated carbocycles. The van der Waals surface area contributed by atoms with Crippen LogP contribution in [0, 0.1) is 11.8 Å². The molecule has 0 aliphatic heterocycles. The standard InChI is InChI=1S/C30H26F34O6/c1-10(2)11-3-4-14(69-13(9-68-19(31,29(59,60)61)30(62,63)64)8-67-18(26(50,51)52,27(53,54)55)28(56,57)58)15(5-11)70-12(6-65-16(20(32,33)34,21(35,36)37)22(38,39)40)7-66-17(23(41,42)43,24(44,45)46)25(47,48)49/h10-15H,3-9H2,1-2H3. The summed E-state index contributed by atoms with van der Waals surface area (Å²) >= 11 is 0. The van der Waals surface area contributed by atoms with Crippen LogP contribution in [0.5, 0.6) is 0 Å². The Balaban J connectivity index is 4.31. The summed E-state index contributed by atoms with van der Waals surface area (Å²) in [7, 11) is 0. The molecule has 6 nitrogen and oxygen atoms in total. The Morgan fingerprint density at radius 2 is 0.543 bits per heavy atom. The molecule has 40 heteroatoms. The molecule has 0 N–H and O–H groups in total. The maximum absolute atomic E-state index is 14.4. The molecule has 0 saturated heterocycles. The van der Waals surface area contributed by atoms with E-state index >= 15 is 0 Å². The van der Waals surface area contributed by atoms with Crippen molar-refractivity contribution in [3.8, 4) is 0 Å². The van der Waals surface area contributed by atoms with E-state index in [9.17, 15) is 149 Å². The minimum Gasteiger partial charge on any atom is -0.367 e. The van der Waals surface area contributed by atoms with Crippen LogP contribution in [0.15, 0.2) is 0 Å². The van der Waals surface area contributed by atoms with Crippen molar-refractivity contribution >= 4 is 0 Å². The number of alkyl halides is 34. The number of rotatable bonds is 17. The van der Waals surface area contributed by atoms with Crippen molar-refractivity contribution in [2.75, 3.05) is 26.4 Å². The Hall–Kier alpha value is -2.62. The summed E-state index contributed by atoms with van der Waals surface area (Å²) in [6, 6.07) is 0. The predicted molar refractivity (Wildman–Crippen MR) is 152 cm³/mol. The van der Waals surface area contributed by atoms with Gasteiger partial charge in [0.05, 0.1) is 38.6 Å². The molecule has 1 rings (SSSR count). The fourth-order valence-corrected chi connectivity index (χ4v) is 6.15. The molecule has 1 fully saturated rings. The van der Waals surface area contributed by atoms with E-state index in [0.717, 1.165) is 13.8 Å². The van der Waals surface area contributed by atoms with Gasteiger partial charge in [0.25, 0.3) is 0 Å². The fraction of sp³-hybridized carbons (Fsp3) is 1.00. The van der Waals surface area contributed by atoms with Crippen LogP contribution < -0.4 is 0 Å². The first-order valence-electron chi connectivity index (χ1n) is 17.7. The Bertz CT molecular complexity index is 1480. The Labute approximate surface area is 365 Å². The molecule has 70 heavy (non-hydrogen) atoms. The van der Waals surface area contributed by atoms with Gasteiger partial charge in [-0.25, -0.2) is 0 Å². The van der Waals surface area contributed by atoms with Crippen molar-refractivity contribution in [2.45, 2.75) is 148 Å². The van der Waals surface area contributed by atoms with Crippen molar-refractivity contribution < 1.29 is 178 Å².